The molecule has 0 amide bonds. The van der Waals surface area contributed by atoms with Crippen molar-refractivity contribution < 1.29 is 31.0 Å². The van der Waals surface area contributed by atoms with E-state index in [0.29, 0.717) is 31.2 Å². The molecule has 0 aliphatic carbocycles. The summed E-state index contributed by atoms with van der Waals surface area (Å²) in [5.41, 5.74) is 0.720. The molecule has 0 atom stereocenters. The summed E-state index contributed by atoms with van der Waals surface area (Å²) >= 11 is 0. The third-order valence-electron chi connectivity index (χ3n) is 4.70. The van der Waals surface area contributed by atoms with Crippen molar-refractivity contribution in [3.63, 3.8) is 0 Å². The van der Waals surface area contributed by atoms with Crippen LogP contribution in [0.25, 0.3) is 11.5 Å². The maximum atomic E-state index is 13.9. The molecule has 0 saturated carbocycles. The molecular weight excluding hydrogens is 392 g/mol. The maximum Gasteiger partial charge on any atom is 0.249 e. The van der Waals surface area contributed by atoms with Crippen LogP contribution in [0.5, 0.6) is 0 Å². The largest absolute Gasteiger partial charge is 0.461 e. The second-order valence-electron chi connectivity index (χ2n) is 6.54. The topological polar surface area (TPSA) is 81.0 Å². The van der Waals surface area contributed by atoms with Crippen molar-refractivity contribution in [2.24, 2.45) is 0 Å². The average Bonchev–Trinajstić information content (AvgIpc) is 3.33. The van der Waals surface area contributed by atoms with Crippen LogP contribution in [0.15, 0.2) is 56.5 Å². The number of benzene rings is 1. The van der Waals surface area contributed by atoms with Crippen LogP contribution in [-0.2, 0) is 16.6 Å². The molecule has 2 aromatic heterocycles. The number of quaternary nitrogens is 1. The average molecular weight is 410 g/mol. The van der Waals surface area contributed by atoms with Gasteiger partial charge in [0.05, 0.1) is 32.4 Å². The van der Waals surface area contributed by atoms with Crippen LogP contribution in [0.4, 0.5) is 8.78 Å². The van der Waals surface area contributed by atoms with E-state index >= 15 is 0 Å². The smallest absolute Gasteiger partial charge is 0.249 e. The summed E-state index contributed by atoms with van der Waals surface area (Å²) in [6, 6.07) is 8.32. The fourth-order valence-corrected chi connectivity index (χ4v) is 4.81. The third-order valence-corrected chi connectivity index (χ3v) is 6.65. The van der Waals surface area contributed by atoms with Gasteiger partial charge < -0.3 is 13.8 Å². The third kappa shape index (κ3) is 3.58. The minimum Gasteiger partial charge on any atom is -0.461 e. The zero-order chi connectivity index (χ0) is 19.7. The molecule has 7 nitrogen and oxygen atoms in total. The molecule has 148 valence electrons. The molecule has 1 fully saturated rings. The summed E-state index contributed by atoms with van der Waals surface area (Å²) in [6.07, 6.45) is 1.54. The van der Waals surface area contributed by atoms with Crippen LogP contribution in [0.1, 0.15) is 5.69 Å². The number of nitrogens with one attached hydrogen (secondary N) is 1. The molecule has 3 heterocycles. The first-order valence-electron chi connectivity index (χ1n) is 8.72. The molecule has 0 bridgehead atoms. The first-order chi connectivity index (χ1) is 13.4. The first-order valence-corrected chi connectivity index (χ1v) is 10.2. The molecule has 0 spiro atoms. The lowest BCUT2D eigenvalue weighted by Crippen LogP contribution is -3.13. The van der Waals surface area contributed by atoms with Crippen molar-refractivity contribution in [1.29, 1.82) is 0 Å². The Hall–Kier alpha value is -2.56. The van der Waals surface area contributed by atoms with Crippen LogP contribution in [0.3, 0.4) is 0 Å². The predicted octanol–water partition coefficient (Wildman–Crippen LogP) is 1.30. The minimum atomic E-state index is -4.22. The summed E-state index contributed by atoms with van der Waals surface area (Å²) in [5, 5.41) is 4.02. The zero-order valence-corrected chi connectivity index (χ0v) is 15.6. The number of furan rings is 1. The minimum absolute atomic E-state index is 0.161. The van der Waals surface area contributed by atoms with E-state index in [1.807, 2.05) is 0 Å². The van der Waals surface area contributed by atoms with Gasteiger partial charge >= 0.3 is 0 Å². The van der Waals surface area contributed by atoms with Gasteiger partial charge in [0.15, 0.2) is 10.7 Å². The van der Waals surface area contributed by atoms with Crippen LogP contribution in [-0.4, -0.2) is 44.1 Å². The Morgan fingerprint density at radius 3 is 2.43 bits per heavy atom. The molecule has 10 heteroatoms. The van der Waals surface area contributed by atoms with Gasteiger partial charge in [-0.3, -0.25) is 0 Å². The van der Waals surface area contributed by atoms with E-state index in [-0.39, 0.29) is 13.1 Å². The fourth-order valence-electron chi connectivity index (χ4n) is 3.26. The van der Waals surface area contributed by atoms with Gasteiger partial charge in [0.2, 0.25) is 15.8 Å². The van der Waals surface area contributed by atoms with E-state index in [4.69, 9.17) is 8.94 Å². The van der Waals surface area contributed by atoms with E-state index in [0.717, 1.165) is 33.1 Å². The summed E-state index contributed by atoms with van der Waals surface area (Å²) in [4.78, 5) is 0.206. The van der Waals surface area contributed by atoms with E-state index in [1.165, 1.54) is 0 Å². The molecule has 1 aliphatic heterocycles. The highest BCUT2D eigenvalue weighted by atomic mass is 32.2. The lowest BCUT2D eigenvalue weighted by Gasteiger charge is -2.31. The first kappa shape index (κ1) is 18.8. The van der Waals surface area contributed by atoms with Gasteiger partial charge in [-0.15, -0.1) is 0 Å². The summed E-state index contributed by atoms with van der Waals surface area (Å²) in [6.45, 7) is 1.84. The predicted molar refractivity (Wildman–Crippen MR) is 93.7 cm³/mol. The van der Waals surface area contributed by atoms with E-state index < -0.39 is 26.6 Å². The summed E-state index contributed by atoms with van der Waals surface area (Å²) < 4.78 is 64.7. The number of aromatic nitrogens is 1. The fraction of sp³-hybridized carbons (Fsp3) is 0.278. The molecule has 1 N–H and O–H groups in total. The molecule has 3 aromatic rings. The number of piperazine rings is 1. The Balaban J connectivity index is 1.41. The molecule has 0 unspecified atom stereocenters. The van der Waals surface area contributed by atoms with Gasteiger partial charge in [-0.1, -0.05) is 11.2 Å². The van der Waals surface area contributed by atoms with Crippen molar-refractivity contribution in [3.8, 4) is 11.5 Å². The van der Waals surface area contributed by atoms with Gasteiger partial charge in [0, 0.05) is 6.07 Å². The quantitative estimate of drug-likeness (QED) is 0.686. The lowest BCUT2D eigenvalue weighted by atomic mass is 10.3. The van der Waals surface area contributed by atoms with Gasteiger partial charge in [-0.25, -0.2) is 17.2 Å². The van der Waals surface area contributed by atoms with Crippen molar-refractivity contribution in [2.75, 3.05) is 26.2 Å². The standard InChI is InChI=1S/C18H17F2N3O4S/c19-14-3-1-4-15(20)18(14)28(24,25)23-8-6-22(7-9-23)12-13-11-17(27-21-13)16-5-2-10-26-16/h1-5,10-11H,6-9,12H2/p+1. The second-order valence-corrected chi connectivity index (χ2v) is 8.42. The molecule has 0 radical (unpaired) electrons. The normalized spacial score (nSPS) is 16.5. The van der Waals surface area contributed by atoms with E-state index in [1.54, 1.807) is 24.5 Å². The maximum absolute atomic E-state index is 13.9. The number of hydrogen-bond acceptors (Lipinski definition) is 5. The SMILES string of the molecule is O=S(=O)(c1c(F)cccc1F)N1CC[NH+](Cc2cc(-c3ccco3)on2)CC1. The molecule has 1 saturated heterocycles. The number of halogens is 2. The Kier molecular flexibility index (Phi) is 5.00. The number of rotatable bonds is 5. The van der Waals surface area contributed by atoms with Crippen molar-refractivity contribution in [2.45, 2.75) is 11.4 Å². The molecule has 4 rings (SSSR count). The molecule has 1 aromatic carbocycles. The lowest BCUT2D eigenvalue weighted by molar-refractivity contribution is -0.917. The Morgan fingerprint density at radius 1 is 1.07 bits per heavy atom. The Morgan fingerprint density at radius 2 is 1.79 bits per heavy atom. The molecular formula is C18H18F2N3O4S+. The van der Waals surface area contributed by atoms with Crippen molar-refractivity contribution in [1.82, 2.24) is 9.46 Å². The Labute approximate surface area is 160 Å². The Bertz CT molecular complexity index is 1040. The van der Waals surface area contributed by atoms with Crippen molar-refractivity contribution >= 4 is 10.0 Å². The van der Waals surface area contributed by atoms with E-state index in [2.05, 4.69) is 5.16 Å². The molecule has 1 aliphatic rings. The van der Waals surface area contributed by atoms with E-state index in [9.17, 15) is 17.2 Å². The molecule has 28 heavy (non-hydrogen) atoms. The summed E-state index contributed by atoms with van der Waals surface area (Å²) in [7, 11) is -4.22. The van der Waals surface area contributed by atoms with Gasteiger partial charge in [-0.05, 0) is 24.3 Å². The zero-order valence-electron chi connectivity index (χ0n) is 14.8. The highest BCUT2D eigenvalue weighted by Crippen LogP contribution is 2.23. The number of nitrogens with zero attached hydrogens (tertiary/aromatic N) is 2. The number of sulfonamides is 1. The van der Waals surface area contributed by atoms with Crippen molar-refractivity contribution in [3.05, 3.63) is 60.0 Å². The van der Waals surface area contributed by atoms with Crippen LogP contribution < -0.4 is 4.90 Å². The van der Waals surface area contributed by atoms with Gasteiger partial charge in [0.1, 0.15) is 23.9 Å². The highest BCUT2D eigenvalue weighted by molar-refractivity contribution is 7.89. The number of hydrogen-bond donors (Lipinski definition) is 1. The van der Waals surface area contributed by atoms with Crippen LogP contribution in [0.2, 0.25) is 0 Å². The van der Waals surface area contributed by atoms with Crippen LogP contribution >= 0.6 is 0 Å². The summed E-state index contributed by atoms with van der Waals surface area (Å²) in [5.74, 6) is -1.06. The monoisotopic (exact) mass is 410 g/mol. The highest BCUT2D eigenvalue weighted by Gasteiger charge is 2.34. The van der Waals surface area contributed by atoms with Crippen LogP contribution in [0, 0.1) is 11.6 Å². The second kappa shape index (κ2) is 7.46. The van der Waals surface area contributed by atoms with Gasteiger partial charge in [0.25, 0.3) is 0 Å². The van der Waals surface area contributed by atoms with Gasteiger partial charge in [-0.2, -0.15) is 4.31 Å².